The summed E-state index contributed by atoms with van der Waals surface area (Å²) in [4.78, 5) is 0. The molecule has 0 aliphatic carbocycles. The van der Waals surface area contributed by atoms with E-state index in [4.69, 9.17) is 18.9 Å². The van der Waals surface area contributed by atoms with Gasteiger partial charge in [-0.3, -0.25) is 0 Å². The molecule has 0 aromatic heterocycles. The van der Waals surface area contributed by atoms with Gasteiger partial charge in [0, 0.05) is 11.6 Å². The molecule has 0 amide bonds. The molecule has 1 heterocycles. The zero-order chi connectivity index (χ0) is 13.2. The van der Waals surface area contributed by atoms with E-state index in [1.54, 1.807) is 33.5 Å². The Morgan fingerprint density at radius 3 is 2.00 bits per heavy atom. The van der Waals surface area contributed by atoms with Crippen molar-refractivity contribution >= 4 is 0 Å². The fourth-order valence-electron chi connectivity index (χ4n) is 1.99. The van der Waals surface area contributed by atoms with Gasteiger partial charge in [-0.05, 0) is 6.07 Å². The first-order chi connectivity index (χ1) is 8.70. The minimum atomic E-state index is -0.648. The molecule has 1 fully saturated rings. The highest BCUT2D eigenvalue weighted by molar-refractivity contribution is 5.56. The molecule has 96 valence electrons. The molecule has 0 N–H and O–H groups in total. The minimum Gasteiger partial charge on any atom is -0.496 e. The van der Waals surface area contributed by atoms with Crippen molar-refractivity contribution in [2.45, 2.75) is 5.41 Å². The summed E-state index contributed by atoms with van der Waals surface area (Å²) < 4.78 is 21.0. The summed E-state index contributed by atoms with van der Waals surface area (Å²) in [5.74, 6) is 1.76. The van der Waals surface area contributed by atoms with Gasteiger partial charge in [0.1, 0.15) is 11.2 Å². The summed E-state index contributed by atoms with van der Waals surface area (Å²) >= 11 is 0. The Morgan fingerprint density at radius 2 is 1.61 bits per heavy atom. The number of nitrogens with zero attached hydrogens (tertiary/aromatic N) is 1. The molecule has 5 nitrogen and oxygen atoms in total. The molecular formula is C13H15NO4. The minimum absolute atomic E-state index is 0.370. The molecule has 2 rings (SSSR count). The molecule has 18 heavy (non-hydrogen) atoms. The average molecular weight is 249 g/mol. The van der Waals surface area contributed by atoms with Crippen LogP contribution in [0, 0.1) is 11.3 Å². The SMILES string of the molecule is COc1cc(OC)c(C2(C#N)COC2)cc1OC. The monoisotopic (exact) mass is 249 g/mol. The standard InChI is InChI=1S/C13H15NO4/c1-15-10-5-12(17-3)11(16-2)4-9(10)13(6-14)7-18-8-13/h4-5H,7-8H2,1-3H3. The molecule has 1 aliphatic heterocycles. The van der Waals surface area contributed by atoms with Gasteiger partial charge in [0.2, 0.25) is 0 Å². The number of ether oxygens (including phenoxy) is 4. The molecule has 5 heteroatoms. The molecule has 0 unspecified atom stereocenters. The first kappa shape index (κ1) is 12.5. The van der Waals surface area contributed by atoms with Crippen LogP contribution in [0.25, 0.3) is 0 Å². The van der Waals surface area contributed by atoms with Crippen molar-refractivity contribution in [1.82, 2.24) is 0 Å². The quantitative estimate of drug-likeness (QED) is 0.809. The lowest BCUT2D eigenvalue weighted by Gasteiger charge is -2.36. The van der Waals surface area contributed by atoms with Crippen LogP contribution in [0.4, 0.5) is 0 Å². The molecule has 1 aromatic carbocycles. The molecule has 1 aromatic rings. The van der Waals surface area contributed by atoms with Crippen molar-refractivity contribution in [3.8, 4) is 23.3 Å². The molecule has 0 radical (unpaired) electrons. The van der Waals surface area contributed by atoms with E-state index in [9.17, 15) is 5.26 Å². The number of nitriles is 1. The Kier molecular flexibility index (Phi) is 3.30. The number of hydrogen-bond acceptors (Lipinski definition) is 5. The van der Waals surface area contributed by atoms with Crippen LogP contribution in [0.3, 0.4) is 0 Å². The maximum absolute atomic E-state index is 9.34. The zero-order valence-electron chi connectivity index (χ0n) is 10.6. The van der Waals surface area contributed by atoms with Gasteiger partial charge in [-0.1, -0.05) is 0 Å². The van der Waals surface area contributed by atoms with Gasteiger partial charge in [-0.2, -0.15) is 5.26 Å². The van der Waals surface area contributed by atoms with Crippen molar-refractivity contribution in [2.75, 3.05) is 34.5 Å². The van der Waals surface area contributed by atoms with E-state index in [0.717, 1.165) is 5.56 Å². The van der Waals surface area contributed by atoms with Crippen molar-refractivity contribution < 1.29 is 18.9 Å². The van der Waals surface area contributed by atoms with Crippen molar-refractivity contribution in [2.24, 2.45) is 0 Å². The highest BCUT2D eigenvalue weighted by atomic mass is 16.5. The van der Waals surface area contributed by atoms with Crippen LogP contribution in [0.5, 0.6) is 17.2 Å². The van der Waals surface area contributed by atoms with Crippen LogP contribution >= 0.6 is 0 Å². The van der Waals surface area contributed by atoms with Crippen molar-refractivity contribution in [3.63, 3.8) is 0 Å². The number of hydrogen-bond donors (Lipinski definition) is 0. The van der Waals surface area contributed by atoms with E-state index in [1.165, 1.54) is 0 Å². The maximum Gasteiger partial charge on any atom is 0.164 e. The predicted molar refractivity (Wildman–Crippen MR) is 64.2 cm³/mol. The van der Waals surface area contributed by atoms with Crippen molar-refractivity contribution in [3.05, 3.63) is 17.7 Å². The van der Waals surface area contributed by atoms with Crippen LogP contribution in [0.2, 0.25) is 0 Å². The summed E-state index contributed by atoms with van der Waals surface area (Å²) in [5, 5.41) is 9.34. The third-order valence-electron chi connectivity index (χ3n) is 3.13. The molecule has 0 atom stereocenters. The second-order valence-corrected chi connectivity index (χ2v) is 4.09. The van der Waals surface area contributed by atoms with E-state index in [0.29, 0.717) is 30.5 Å². The van der Waals surface area contributed by atoms with Gasteiger partial charge >= 0.3 is 0 Å². The molecule has 0 spiro atoms. The summed E-state index contributed by atoms with van der Waals surface area (Å²) in [6.45, 7) is 0.741. The summed E-state index contributed by atoms with van der Waals surface area (Å²) in [6, 6.07) is 5.80. The van der Waals surface area contributed by atoms with Crippen LogP contribution in [0.1, 0.15) is 5.56 Å². The smallest absolute Gasteiger partial charge is 0.164 e. The number of rotatable bonds is 4. The van der Waals surface area contributed by atoms with Gasteiger partial charge in [-0.25, -0.2) is 0 Å². The lowest BCUT2D eigenvalue weighted by molar-refractivity contribution is -0.0308. The van der Waals surface area contributed by atoms with Crippen LogP contribution < -0.4 is 14.2 Å². The molecule has 1 aliphatic rings. The topological polar surface area (TPSA) is 60.7 Å². The average Bonchev–Trinajstić information content (AvgIpc) is 2.37. The second-order valence-electron chi connectivity index (χ2n) is 4.09. The number of benzene rings is 1. The Bertz CT molecular complexity index is 488. The third kappa shape index (κ3) is 1.75. The number of methoxy groups -OCH3 is 3. The first-order valence-corrected chi connectivity index (χ1v) is 5.50. The van der Waals surface area contributed by atoms with E-state index in [1.807, 2.05) is 0 Å². The highest BCUT2D eigenvalue weighted by Gasteiger charge is 2.43. The molecular weight excluding hydrogens is 234 g/mol. The van der Waals surface area contributed by atoms with Crippen molar-refractivity contribution in [1.29, 1.82) is 5.26 Å². The summed E-state index contributed by atoms with van der Waals surface area (Å²) in [5.41, 5.74) is 0.127. The maximum atomic E-state index is 9.34. The molecule has 0 bridgehead atoms. The second kappa shape index (κ2) is 4.75. The molecule has 0 saturated carbocycles. The van der Waals surface area contributed by atoms with Crippen LogP contribution in [-0.4, -0.2) is 34.5 Å². The van der Waals surface area contributed by atoms with Crippen LogP contribution in [0.15, 0.2) is 12.1 Å². The predicted octanol–water partition coefficient (Wildman–Crippen LogP) is 1.50. The van der Waals surface area contributed by atoms with Crippen LogP contribution in [-0.2, 0) is 10.2 Å². The lowest BCUT2D eigenvalue weighted by Crippen LogP contribution is -2.45. The Hall–Kier alpha value is -1.93. The zero-order valence-corrected chi connectivity index (χ0v) is 10.6. The largest absolute Gasteiger partial charge is 0.496 e. The highest BCUT2D eigenvalue weighted by Crippen LogP contribution is 2.43. The van der Waals surface area contributed by atoms with Gasteiger partial charge < -0.3 is 18.9 Å². The summed E-state index contributed by atoms with van der Waals surface area (Å²) in [6.07, 6.45) is 0. The summed E-state index contributed by atoms with van der Waals surface area (Å²) in [7, 11) is 4.68. The van der Waals surface area contributed by atoms with Gasteiger partial charge in [0.25, 0.3) is 0 Å². The first-order valence-electron chi connectivity index (χ1n) is 5.50. The Labute approximate surface area is 106 Å². The Morgan fingerprint density at radius 1 is 1.06 bits per heavy atom. The fourth-order valence-corrected chi connectivity index (χ4v) is 1.99. The van der Waals surface area contributed by atoms with E-state index in [2.05, 4.69) is 6.07 Å². The Balaban J connectivity index is 2.56. The van der Waals surface area contributed by atoms with E-state index < -0.39 is 5.41 Å². The van der Waals surface area contributed by atoms with E-state index >= 15 is 0 Å². The lowest BCUT2D eigenvalue weighted by atomic mass is 9.79. The fraction of sp³-hybridized carbons (Fsp3) is 0.462. The third-order valence-corrected chi connectivity index (χ3v) is 3.13. The molecule has 1 saturated heterocycles. The van der Waals surface area contributed by atoms with Gasteiger partial charge in [0.05, 0.1) is 40.6 Å². The van der Waals surface area contributed by atoms with Gasteiger partial charge in [-0.15, -0.1) is 0 Å². The normalized spacial score (nSPS) is 16.3. The van der Waals surface area contributed by atoms with Gasteiger partial charge in [0.15, 0.2) is 11.5 Å². The van der Waals surface area contributed by atoms with E-state index in [-0.39, 0.29) is 0 Å².